The van der Waals surface area contributed by atoms with Gasteiger partial charge in [-0.2, -0.15) is 0 Å². The van der Waals surface area contributed by atoms with Crippen molar-refractivity contribution in [2.75, 3.05) is 38.7 Å². The van der Waals surface area contributed by atoms with Crippen LogP contribution >= 0.6 is 0 Å². The fourth-order valence-corrected chi connectivity index (χ4v) is 3.49. The summed E-state index contributed by atoms with van der Waals surface area (Å²) < 4.78 is 5.22. The normalized spacial score (nSPS) is 23.5. The first-order valence-electron chi connectivity index (χ1n) is 9.18. The minimum atomic E-state index is 0.270. The Kier molecular flexibility index (Phi) is 5.86. The van der Waals surface area contributed by atoms with Gasteiger partial charge in [-0.3, -0.25) is 4.79 Å². The highest BCUT2D eigenvalue weighted by Gasteiger charge is 2.29. The lowest BCUT2D eigenvalue weighted by Crippen LogP contribution is -2.40. The first-order valence-corrected chi connectivity index (χ1v) is 9.18. The molecule has 1 aliphatic carbocycles. The molecule has 138 valence electrons. The Bertz CT molecular complexity index is 603. The van der Waals surface area contributed by atoms with E-state index in [0.717, 1.165) is 56.8 Å². The van der Waals surface area contributed by atoms with E-state index in [9.17, 15) is 4.79 Å². The molecule has 0 atom stereocenters. The molecule has 0 radical (unpaired) electrons. The molecule has 3 rings (SSSR count). The van der Waals surface area contributed by atoms with E-state index in [0.29, 0.717) is 24.8 Å². The number of rotatable bonds is 7. The van der Waals surface area contributed by atoms with E-state index >= 15 is 0 Å². The molecule has 1 saturated heterocycles. The van der Waals surface area contributed by atoms with Crippen LogP contribution in [-0.2, 0) is 16.1 Å². The standard InChI is InChI=1S/C18H29N5O2/c1-22(7-8-23-6-4-3-5-18(23)24)17-11-15(13-9-14(19)10-13)20-16(21-17)12-25-2/h11,13-14H,3-10,12,19H2,1-2H3. The summed E-state index contributed by atoms with van der Waals surface area (Å²) in [5, 5.41) is 0. The van der Waals surface area contributed by atoms with Crippen LogP contribution < -0.4 is 10.6 Å². The quantitative estimate of drug-likeness (QED) is 0.800. The van der Waals surface area contributed by atoms with Crippen molar-refractivity contribution < 1.29 is 9.53 Å². The zero-order valence-electron chi connectivity index (χ0n) is 15.3. The fraction of sp³-hybridized carbons (Fsp3) is 0.722. The predicted octanol–water partition coefficient (Wildman–Crippen LogP) is 1.28. The summed E-state index contributed by atoms with van der Waals surface area (Å²) in [6, 6.07) is 2.35. The molecule has 2 heterocycles. The molecule has 1 aromatic heterocycles. The van der Waals surface area contributed by atoms with E-state index in [1.54, 1.807) is 7.11 Å². The van der Waals surface area contributed by atoms with Gasteiger partial charge in [-0.15, -0.1) is 0 Å². The van der Waals surface area contributed by atoms with Crippen LogP contribution in [0.4, 0.5) is 5.82 Å². The number of methoxy groups -OCH3 is 1. The maximum absolute atomic E-state index is 12.0. The third-order valence-corrected chi connectivity index (χ3v) is 5.16. The third-order valence-electron chi connectivity index (χ3n) is 5.16. The topological polar surface area (TPSA) is 84.6 Å². The number of likely N-dealkylation sites (tertiary alicyclic amines) is 1. The number of carbonyl (C=O) groups excluding carboxylic acids is 1. The van der Waals surface area contributed by atoms with Crippen molar-refractivity contribution >= 4 is 11.7 Å². The molecule has 1 aliphatic heterocycles. The number of hydrogen-bond donors (Lipinski definition) is 1. The average molecular weight is 347 g/mol. The zero-order chi connectivity index (χ0) is 17.8. The Morgan fingerprint density at radius 2 is 2.16 bits per heavy atom. The van der Waals surface area contributed by atoms with Crippen LogP contribution in [-0.4, -0.2) is 60.6 Å². The van der Waals surface area contributed by atoms with Crippen LogP contribution in [0.25, 0.3) is 0 Å². The second-order valence-corrected chi connectivity index (χ2v) is 7.19. The monoisotopic (exact) mass is 347 g/mol. The summed E-state index contributed by atoms with van der Waals surface area (Å²) in [6.07, 6.45) is 4.77. The second kappa shape index (κ2) is 8.10. The number of nitrogens with zero attached hydrogens (tertiary/aromatic N) is 4. The molecular formula is C18H29N5O2. The molecule has 1 amide bonds. The fourth-order valence-electron chi connectivity index (χ4n) is 3.49. The number of nitrogens with two attached hydrogens (primary N) is 1. The number of amides is 1. The SMILES string of the molecule is COCc1nc(C2CC(N)C2)cc(N(C)CCN2CCCCC2=O)n1. The van der Waals surface area contributed by atoms with E-state index in [2.05, 4.69) is 20.9 Å². The molecular weight excluding hydrogens is 318 g/mol. The van der Waals surface area contributed by atoms with Crippen molar-refractivity contribution in [3.8, 4) is 0 Å². The minimum Gasteiger partial charge on any atom is -0.377 e. The summed E-state index contributed by atoms with van der Waals surface area (Å²) in [4.78, 5) is 25.3. The number of aromatic nitrogens is 2. The molecule has 2 aliphatic rings. The Labute approximate surface area is 149 Å². The minimum absolute atomic E-state index is 0.270. The first kappa shape index (κ1) is 18.1. The molecule has 1 aromatic rings. The Morgan fingerprint density at radius 3 is 2.84 bits per heavy atom. The van der Waals surface area contributed by atoms with Crippen LogP contribution in [0.1, 0.15) is 49.5 Å². The van der Waals surface area contributed by atoms with Gasteiger partial charge in [0.25, 0.3) is 0 Å². The van der Waals surface area contributed by atoms with Gasteiger partial charge >= 0.3 is 0 Å². The van der Waals surface area contributed by atoms with Gasteiger partial charge in [-0.1, -0.05) is 0 Å². The van der Waals surface area contributed by atoms with Crippen molar-refractivity contribution in [3.63, 3.8) is 0 Å². The third kappa shape index (κ3) is 4.46. The zero-order valence-corrected chi connectivity index (χ0v) is 15.3. The van der Waals surface area contributed by atoms with E-state index in [1.807, 2.05) is 11.9 Å². The van der Waals surface area contributed by atoms with Gasteiger partial charge in [-0.25, -0.2) is 9.97 Å². The molecule has 0 unspecified atom stereocenters. The molecule has 1 saturated carbocycles. The Balaban J connectivity index is 1.67. The lowest BCUT2D eigenvalue weighted by atomic mass is 9.78. The van der Waals surface area contributed by atoms with Gasteiger partial charge in [0.1, 0.15) is 12.4 Å². The van der Waals surface area contributed by atoms with Crippen molar-refractivity contribution in [3.05, 3.63) is 17.6 Å². The first-order chi connectivity index (χ1) is 12.1. The predicted molar refractivity (Wildman–Crippen MR) is 96.4 cm³/mol. The van der Waals surface area contributed by atoms with Gasteiger partial charge in [0.15, 0.2) is 5.82 Å². The van der Waals surface area contributed by atoms with Crippen LogP contribution in [0.3, 0.4) is 0 Å². The highest BCUT2D eigenvalue weighted by atomic mass is 16.5. The van der Waals surface area contributed by atoms with Crippen molar-refractivity contribution in [1.29, 1.82) is 0 Å². The van der Waals surface area contributed by atoms with Crippen molar-refractivity contribution in [2.45, 2.75) is 50.7 Å². The van der Waals surface area contributed by atoms with Gasteiger partial charge < -0.3 is 20.3 Å². The molecule has 0 spiro atoms. The summed E-state index contributed by atoms with van der Waals surface area (Å²) >= 11 is 0. The highest BCUT2D eigenvalue weighted by Crippen LogP contribution is 2.35. The number of anilines is 1. The van der Waals surface area contributed by atoms with Crippen LogP contribution in [0.15, 0.2) is 6.07 Å². The van der Waals surface area contributed by atoms with Crippen LogP contribution in [0.5, 0.6) is 0 Å². The maximum atomic E-state index is 12.0. The van der Waals surface area contributed by atoms with Crippen LogP contribution in [0, 0.1) is 0 Å². The number of carbonyl (C=O) groups is 1. The van der Waals surface area contributed by atoms with E-state index in [-0.39, 0.29) is 11.9 Å². The summed E-state index contributed by atoms with van der Waals surface area (Å²) in [7, 11) is 3.67. The van der Waals surface area contributed by atoms with Gasteiger partial charge in [0, 0.05) is 63.9 Å². The molecule has 0 bridgehead atoms. The van der Waals surface area contributed by atoms with Gasteiger partial charge in [-0.05, 0) is 25.7 Å². The number of hydrogen-bond acceptors (Lipinski definition) is 6. The Hall–Kier alpha value is -1.73. The summed E-state index contributed by atoms with van der Waals surface area (Å²) in [6.45, 7) is 2.77. The largest absolute Gasteiger partial charge is 0.377 e. The molecule has 7 heteroatoms. The van der Waals surface area contributed by atoms with Crippen molar-refractivity contribution in [1.82, 2.24) is 14.9 Å². The summed E-state index contributed by atoms with van der Waals surface area (Å²) in [5.41, 5.74) is 6.98. The van der Waals surface area contributed by atoms with E-state index in [1.165, 1.54) is 0 Å². The number of piperidine rings is 1. The number of likely N-dealkylation sites (N-methyl/N-ethyl adjacent to an activating group) is 1. The highest BCUT2D eigenvalue weighted by molar-refractivity contribution is 5.76. The lowest BCUT2D eigenvalue weighted by molar-refractivity contribution is -0.133. The smallest absolute Gasteiger partial charge is 0.222 e. The molecule has 25 heavy (non-hydrogen) atoms. The average Bonchev–Trinajstić information content (AvgIpc) is 2.58. The van der Waals surface area contributed by atoms with E-state index in [4.69, 9.17) is 10.5 Å². The summed E-state index contributed by atoms with van der Waals surface area (Å²) in [5.74, 6) is 2.29. The second-order valence-electron chi connectivity index (χ2n) is 7.19. The Morgan fingerprint density at radius 1 is 1.36 bits per heavy atom. The van der Waals surface area contributed by atoms with Gasteiger partial charge in [0.05, 0.1) is 0 Å². The van der Waals surface area contributed by atoms with Gasteiger partial charge in [0.2, 0.25) is 5.91 Å². The van der Waals surface area contributed by atoms with E-state index < -0.39 is 0 Å². The molecule has 2 N–H and O–H groups in total. The molecule has 0 aromatic carbocycles. The molecule has 2 fully saturated rings. The number of ether oxygens (including phenoxy) is 1. The lowest BCUT2D eigenvalue weighted by Gasteiger charge is -2.33. The van der Waals surface area contributed by atoms with Crippen molar-refractivity contribution in [2.24, 2.45) is 5.73 Å². The maximum Gasteiger partial charge on any atom is 0.222 e. The van der Waals surface area contributed by atoms with Crippen LogP contribution in [0.2, 0.25) is 0 Å². The molecule has 7 nitrogen and oxygen atoms in total.